The Bertz CT molecular complexity index is 624. The highest BCUT2D eigenvalue weighted by Crippen LogP contribution is 2.27. The van der Waals surface area contributed by atoms with Crippen molar-refractivity contribution in [2.24, 2.45) is 0 Å². The van der Waals surface area contributed by atoms with Gasteiger partial charge in [-0.15, -0.1) is 0 Å². The van der Waals surface area contributed by atoms with Gasteiger partial charge in [-0.2, -0.15) is 0 Å². The number of halogens is 2. The molecule has 0 heterocycles. The van der Waals surface area contributed by atoms with Crippen LogP contribution in [-0.4, -0.2) is 12.5 Å². The van der Waals surface area contributed by atoms with Gasteiger partial charge in [0.1, 0.15) is 5.75 Å². The van der Waals surface area contributed by atoms with Crippen LogP contribution in [0.3, 0.4) is 0 Å². The zero-order valence-electron chi connectivity index (χ0n) is 11.5. The van der Waals surface area contributed by atoms with Crippen molar-refractivity contribution in [1.29, 1.82) is 0 Å². The molecule has 0 atom stereocenters. The molecule has 0 aliphatic carbocycles. The Morgan fingerprint density at radius 2 is 1.76 bits per heavy atom. The molecule has 5 heteroatoms. The molecule has 0 aliphatic heterocycles. The summed E-state index contributed by atoms with van der Waals surface area (Å²) in [5.41, 5.74) is 1.25. The molecule has 1 N–H and O–H groups in total. The Balaban J connectivity index is 2.12. The predicted molar refractivity (Wildman–Crippen MR) is 86.4 cm³/mol. The second-order valence-corrected chi connectivity index (χ2v) is 5.17. The molecule has 0 radical (unpaired) electrons. The van der Waals surface area contributed by atoms with Crippen LogP contribution in [0.2, 0.25) is 10.0 Å². The summed E-state index contributed by atoms with van der Waals surface area (Å²) < 4.78 is 5.47. The van der Waals surface area contributed by atoms with E-state index in [1.54, 1.807) is 24.3 Å². The zero-order valence-corrected chi connectivity index (χ0v) is 13.0. The fourth-order valence-corrected chi connectivity index (χ4v) is 2.44. The Labute approximate surface area is 133 Å². The van der Waals surface area contributed by atoms with Crippen LogP contribution in [0.25, 0.3) is 0 Å². The van der Waals surface area contributed by atoms with Crippen LogP contribution in [-0.2, 0) is 11.2 Å². The second-order valence-electron chi connectivity index (χ2n) is 4.35. The molecule has 2 rings (SSSR count). The van der Waals surface area contributed by atoms with Crippen LogP contribution in [0, 0.1) is 0 Å². The van der Waals surface area contributed by atoms with Crippen molar-refractivity contribution in [3.63, 3.8) is 0 Å². The van der Waals surface area contributed by atoms with Crippen LogP contribution in [0.4, 0.5) is 5.69 Å². The van der Waals surface area contributed by atoms with Gasteiger partial charge >= 0.3 is 0 Å². The van der Waals surface area contributed by atoms with E-state index in [1.165, 1.54) is 0 Å². The Hall–Kier alpha value is -1.71. The first-order chi connectivity index (χ1) is 10.1. The summed E-state index contributed by atoms with van der Waals surface area (Å²) in [5, 5.41) is 3.78. The van der Waals surface area contributed by atoms with E-state index < -0.39 is 0 Å². The number of nitrogens with one attached hydrogen (secondary N) is 1. The number of carbonyl (C=O) groups excluding carboxylic acids is 1. The number of carbonyl (C=O) groups is 1. The van der Waals surface area contributed by atoms with Gasteiger partial charge in [-0.05, 0) is 36.8 Å². The molecule has 0 saturated heterocycles. The number of benzene rings is 2. The normalized spacial score (nSPS) is 10.2. The molecule has 110 valence electrons. The molecule has 0 saturated carbocycles. The number of rotatable bonds is 5. The Kier molecular flexibility index (Phi) is 5.48. The standard InChI is InChI=1S/C16H15Cl2NO2/c1-2-21-15-9-4-3-8-14(15)19-16(20)10-11-12(17)6-5-7-13(11)18/h3-9H,2,10H2,1H3,(H,19,20). The minimum atomic E-state index is -0.197. The molecular formula is C16H15Cl2NO2. The smallest absolute Gasteiger partial charge is 0.229 e. The molecule has 0 bridgehead atoms. The zero-order chi connectivity index (χ0) is 15.2. The van der Waals surface area contributed by atoms with Gasteiger partial charge in [-0.3, -0.25) is 4.79 Å². The van der Waals surface area contributed by atoms with E-state index in [9.17, 15) is 4.79 Å². The highest BCUT2D eigenvalue weighted by atomic mass is 35.5. The highest BCUT2D eigenvalue weighted by Gasteiger charge is 2.12. The van der Waals surface area contributed by atoms with E-state index in [1.807, 2.05) is 25.1 Å². The fraction of sp³-hybridized carbons (Fsp3) is 0.188. The molecule has 0 fully saturated rings. The Morgan fingerprint density at radius 3 is 2.43 bits per heavy atom. The lowest BCUT2D eigenvalue weighted by Gasteiger charge is -2.12. The molecule has 2 aromatic rings. The van der Waals surface area contributed by atoms with Gasteiger partial charge in [0, 0.05) is 10.0 Å². The molecule has 0 aliphatic rings. The third-order valence-electron chi connectivity index (χ3n) is 2.86. The fourth-order valence-electron chi connectivity index (χ4n) is 1.91. The third kappa shape index (κ3) is 4.13. The van der Waals surface area contributed by atoms with Crippen LogP contribution >= 0.6 is 23.2 Å². The molecule has 3 nitrogen and oxygen atoms in total. The van der Waals surface area contributed by atoms with Gasteiger partial charge in [-0.1, -0.05) is 41.4 Å². The molecule has 1 amide bonds. The van der Waals surface area contributed by atoms with Crippen molar-refractivity contribution in [3.8, 4) is 5.75 Å². The highest BCUT2D eigenvalue weighted by molar-refractivity contribution is 6.36. The van der Waals surface area contributed by atoms with Crippen LogP contribution < -0.4 is 10.1 Å². The summed E-state index contributed by atoms with van der Waals surface area (Å²) in [6.07, 6.45) is 0.110. The lowest BCUT2D eigenvalue weighted by atomic mass is 10.1. The van der Waals surface area contributed by atoms with Gasteiger partial charge < -0.3 is 10.1 Å². The van der Waals surface area contributed by atoms with E-state index in [2.05, 4.69) is 5.32 Å². The minimum Gasteiger partial charge on any atom is -0.492 e. The van der Waals surface area contributed by atoms with Crippen molar-refractivity contribution in [2.45, 2.75) is 13.3 Å². The summed E-state index contributed by atoms with van der Waals surface area (Å²) in [5.74, 6) is 0.441. The maximum atomic E-state index is 12.2. The predicted octanol–water partition coefficient (Wildman–Crippen LogP) is 4.57. The van der Waals surface area contributed by atoms with Crippen molar-refractivity contribution in [3.05, 3.63) is 58.1 Å². The molecule has 0 spiro atoms. The van der Waals surface area contributed by atoms with Gasteiger partial charge in [-0.25, -0.2) is 0 Å². The molecular weight excluding hydrogens is 309 g/mol. The van der Waals surface area contributed by atoms with E-state index >= 15 is 0 Å². The molecule has 0 unspecified atom stereocenters. The van der Waals surface area contributed by atoms with E-state index in [-0.39, 0.29) is 12.3 Å². The summed E-state index contributed by atoms with van der Waals surface area (Å²) in [6.45, 7) is 2.42. The van der Waals surface area contributed by atoms with Gasteiger partial charge in [0.15, 0.2) is 0 Å². The van der Waals surface area contributed by atoms with Gasteiger partial charge in [0.2, 0.25) is 5.91 Å². The monoisotopic (exact) mass is 323 g/mol. The van der Waals surface area contributed by atoms with Crippen molar-refractivity contribution in [2.75, 3.05) is 11.9 Å². The van der Waals surface area contributed by atoms with Crippen molar-refractivity contribution in [1.82, 2.24) is 0 Å². The van der Waals surface area contributed by atoms with Crippen molar-refractivity contribution >= 4 is 34.8 Å². The first-order valence-corrected chi connectivity index (χ1v) is 7.32. The molecule has 2 aromatic carbocycles. The summed E-state index contributed by atoms with van der Waals surface area (Å²) in [7, 11) is 0. The number of para-hydroxylation sites is 2. The first-order valence-electron chi connectivity index (χ1n) is 6.56. The number of anilines is 1. The SMILES string of the molecule is CCOc1ccccc1NC(=O)Cc1c(Cl)cccc1Cl. The number of ether oxygens (including phenoxy) is 1. The second kappa shape index (κ2) is 7.34. The lowest BCUT2D eigenvalue weighted by Crippen LogP contribution is -2.15. The van der Waals surface area contributed by atoms with E-state index in [0.29, 0.717) is 33.7 Å². The van der Waals surface area contributed by atoms with E-state index in [4.69, 9.17) is 27.9 Å². The number of hydrogen-bond donors (Lipinski definition) is 1. The summed E-state index contributed by atoms with van der Waals surface area (Å²) >= 11 is 12.1. The van der Waals surface area contributed by atoms with E-state index in [0.717, 1.165) is 0 Å². The third-order valence-corrected chi connectivity index (χ3v) is 3.57. The van der Waals surface area contributed by atoms with Crippen molar-refractivity contribution < 1.29 is 9.53 Å². The van der Waals surface area contributed by atoms with Crippen LogP contribution in [0.1, 0.15) is 12.5 Å². The topological polar surface area (TPSA) is 38.3 Å². The maximum absolute atomic E-state index is 12.2. The quantitative estimate of drug-likeness (QED) is 0.875. The summed E-state index contributed by atoms with van der Waals surface area (Å²) in [6, 6.07) is 12.5. The molecule has 21 heavy (non-hydrogen) atoms. The number of amides is 1. The average molecular weight is 324 g/mol. The van der Waals surface area contributed by atoms with Gasteiger partial charge in [0.05, 0.1) is 18.7 Å². The lowest BCUT2D eigenvalue weighted by molar-refractivity contribution is -0.115. The minimum absolute atomic E-state index is 0.110. The Morgan fingerprint density at radius 1 is 1.10 bits per heavy atom. The number of hydrogen-bond acceptors (Lipinski definition) is 2. The average Bonchev–Trinajstić information content (AvgIpc) is 2.45. The maximum Gasteiger partial charge on any atom is 0.229 e. The van der Waals surface area contributed by atoms with Crippen LogP contribution in [0.15, 0.2) is 42.5 Å². The first kappa shape index (κ1) is 15.7. The summed E-state index contributed by atoms with van der Waals surface area (Å²) in [4.78, 5) is 12.2. The van der Waals surface area contributed by atoms with Gasteiger partial charge in [0.25, 0.3) is 0 Å². The largest absolute Gasteiger partial charge is 0.492 e. The van der Waals surface area contributed by atoms with Crippen LogP contribution in [0.5, 0.6) is 5.75 Å². The molecule has 0 aromatic heterocycles.